The van der Waals surface area contributed by atoms with Gasteiger partial charge in [-0.15, -0.1) is 0 Å². The first kappa shape index (κ1) is 14.5. The molecule has 100 valence electrons. The fourth-order valence-electron chi connectivity index (χ4n) is 1.46. The van der Waals surface area contributed by atoms with Crippen LogP contribution in [0.3, 0.4) is 0 Å². The first-order valence-corrected chi connectivity index (χ1v) is 5.61. The second-order valence-corrected chi connectivity index (χ2v) is 4.81. The molecular formula is C13H19NO4. The van der Waals surface area contributed by atoms with Crippen LogP contribution in [0.1, 0.15) is 20.8 Å². The summed E-state index contributed by atoms with van der Waals surface area (Å²) >= 11 is 0. The van der Waals surface area contributed by atoms with E-state index >= 15 is 0 Å². The third-order valence-electron chi connectivity index (χ3n) is 2.26. The zero-order valence-electron chi connectivity index (χ0n) is 11.4. The third-order valence-corrected chi connectivity index (χ3v) is 2.26. The van der Waals surface area contributed by atoms with E-state index in [0.29, 0.717) is 17.0 Å². The summed E-state index contributed by atoms with van der Waals surface area (Å²) < 4.78 is 10.5. The Morgan fingerprint density at radius 1 is 1.28 bits per heavy atom. The number of carbonyl (C=O) groups excluding carboxylic acids is 1. The Bertz CT molecular complexity index is 411. The first-order chi connectivity index (χ1) is 8.42. The molecular weight excluding hydrogens is 234 g/mol. The number of nitrogens with one attached hydrogen (secondary N) is 1. The first-order valence-electron chi connectivity index (χ1n) is 5.61. The molecule has 1 N–H and O–H groups in total. The minimum absolute atomic E-state index is 0.344. The van der Waals surface area contributed by atoms with E-state index in [1.807, 2.05) is 26.7 Å². The maximum atomic E-state index is 10.8. The molecule has 0 saturated carbocycles. The van der Waals surface area contributed by atoms with E-state index in [0.717, 1.165) is 0 Å². The highest BCUT2D eigenvalue weighted by Gasteiger charge is 2.27. The molecule has 0 aliphatic heterocycles. The molecule has 1 unspecified atom stereocenters. The molecule has 5 heteroatoms. The van der Waals surface area contributed by atoms with E-state index in [1.165, 1.54) is 14.2 Å². The van der Waals surface area contributed by atoms with Gasteiger partial charge < -0.3 is 9.47 Å². The highest BCUT2D eigenvalue weighted by atomic mass is 16.7. The van der Waals surface area contributed by atoms with Crippen LogP contribution in [0.15, 0.2) is 29.2 Å². The van der Waals surface area contributed by atoms with E-state index in [4.69, 9.17) is 14.3 Å². The standard InChI is InChI=1S/C13H19NO4/c1-13(2,3)18-14-10-7-6-9(8-15)11(16-4)12(10)17-5/h6-7,11,14H,1-5H3. The minimum atomic E-state index is -0.566. The Kier molecular flexibility index (Phi) is 4.73. The van der Waals surface area contributed by atoms with Crippen molar-refractivity contribution in [1.82, 2.24) is 5.48 Å². The normalized spacial score (nSPS) is 19.8. The fourth-order valence-corrected chi connectivity index (χ4v) is 1.46. The molecule has 1 rings (SSSR count). The molecule has 0 bridgehead atoms. The molecule has 0 radical (unpaired) electrons. The highest BCUT2D eigenvalue weighted by molar-refractivity contribution is 5.63. The summed E-state index contributed by atoms with van der Waals surface area (Å²) in [5.41, 5.74) is 3.48. The minimum Gasteiger partial charge on any atom is -0.496 e. The van der Waals surface area contributed by atoms with Gasteiger partial charge in [0.25, 0.3) is 0 Å². The summed E-state index contributed by atoms with van der Waals surface area (Å²) in [5.74, 6) is 2.32. The van der Waals surface area contributed by atoms with E-state index in [1.54, 1.807) is 12.2 Å². The Morgan fingerprint density at radius 2 is 1.94 bits per heavy atom. The van der Waals surface area contributed by atoms with Gasteiger partial charge in [-0.25, -0.2) is 4.79 Å². The second-order valence-electron chi connectivity index (χ2n) is 4.81. The number of rotatable bonds is 4. The van der Waals surface area contributed by atoms with Crippen LogP contribution in [-0.4, -0.2) is 31.9 Å². The van der Waals surface area contributed by atoms with Crippen molar-refractivity contribution in [2.24, 2.45) is 0 Å². The average Bonchev–Trinajstić information content (AvgIpc) is 2.33. The van der Waals surface area contributed by atoms with Crippen molar-refractivity contribution in [2.45, 2.75) is 32.5 Å². The van der Waals surface area contributed by atoms with E-state index < -0.39 is 6.10 Å². The van der Waals surface area contributed by atoms with Gasteiger partial charge in [0.15, 0.2) is 11.9 Å². The van der Waals surface area contributed by atoms with E-state index in [9.17, 15) is 4.79 Å². The van der Waals surface area contributed by atoms with Crippen LogP contribution in [-0.2, 0) is 19.1 Å². The Balaban J connectivity index is 2.97. The summed E-state index contributed by atoms with van der Waals surface area (Å²) in [4.78, 5) is 16.3. The summed E-state index contributed by atoms with van der Waals surface area (Å²) in [5, 5.41) is 0. The lowest BCUT2D eigenvalue weighted by Crippen LogP contribution is -2.32. The predicted octanol–water partition coefficient (Wildman–Crippen LogP) is 1.51. The maximum absolute atomic E-state index is 10.8. The molecule has 0 fully saturated rings. The Labute approximate surface area is 107 Å². The van der Waals surface area contributed by atoms with Gasteiger partial charge in [-0.3, -0.25) is 10.3 Å². The molecule has 1 aliphatic carbocycles. The molecule has 0 saturated heterocycles. The molecule has 0 amide bonds. The van der Waals surface area contributed by atoms with Gasteiger partial charge in [-0.05, 0) is 32.9 Å². The van der Waals surface area contributed by atoms with Crippen LogP contribution in [0.5, 0.6) is 0 Å². The topological polar surface area (TPSA) is 56.8 Å². The summed E-state index contributed by atoms with van der Waals surface area (Å²) in [7, 11) is 3.02. The molecule has 0 heterocycles. The van der Waals surface area contributed by atoms with Gasteiger partial charge in [0.2, 0.25) is 0 Å². The van der Waals surface area contributed by atoms with Crippen molar-refractivity contribution in [2.75, 3.05) is 14.2 Å². The smallest absolute Gasteiger partial charge is 0.155 e. The lowest BCUT2D eigenvalue weighted by molar-refractivity contribution is -0.0593. The van der Waals surface area contributed by atoms with Gasteiger partial charge in [0.05, 0.1) is 18.3 Å². The fraction of sp³-hybridized carbons (Fsp3) is 0.538. The zero-order chi connectivity index (χ0) is 13.8. The lowest BCUT2D eigenvalue weighted by Gasteiger charge is -2.26. The monoisotopic (exact) mass is 253 g/mol. The SMILES string of the molecule is COC1=C(NOC(C)(C)C)C=CC(=C=O)C1OC. The second kappa shape index (κ2) is 5.87. The number of ether oxygens (including phenoxy) is 2. The molecule has 1 atom stereocenters. The van der Waals surface area contributed by atoms with Gasteiger partial charge in [-0.1, -0.05) is 0 Å². The largest absolute Gasteiger partial charge is 0.496 e. The van der Waals surface area contributed by atoms with Crippen LogP contribution in [0, 0.1) is 0 Å². The zero-order valence-corrected chi connectivity index (χ0v) is 11.4. The van der Waals surface area contributed by atoms with Gasteiger partial charge in [0, 0.05) is 7.11 Å². The number of allylic oxidation sites excluding steroid dienone is 1. The van der Waals surface area contributed by atoms with Crippen molar-refractivity contribution in [3.63, 3.8) is 0 Å². The summed E-state index contributed by atoms with van der Waals surface area (Å²) in [6.45, 7) is 5.76. The molecule has 1 aliphatic rings. The van der Waals surface area contributed by atoms with Crippen LogP contribution < -0.4 is 5.48 Å². The Morgan fingerprint density at radius 3 is 2.39 bits per heavy atom. The summed E-state index contributed by atoms with van der Waals surface area (Å²) in [6.07, 6.45) is 2.75. The predicted molar refractivity (Wildman–Crippen MR) is 67.2 cm³/mol. The van der Waals surface area contributed by atoms with Crippen molar-refractivity contribution in [1.29, 1.82) is 0 Å². The van der Waals surface area contributed by atoms with Crippen LogP contribution in [0.2, 0.25) is 0 Å². The van der Waals surface area contributed by atoms with Crippen LogP contribution in [0.25, 0.3) is 0 Å². The number of hydrogen-bond acceptors (Lipinski definition) is 5. The maximum Gasteiger partial charge on any atom is 0.155 e. The lowest BCUT2D eigenvalue weighted by atomic mass is 10.0. The number of hydrogen-bond donors (Lipinski definition) is 1. The van der Waals surface area contributed by atoms with E-state index in [2.05, 4.69) is 5.48 Å². The van der Waals surface area contributed by atoms with Crippen LogP contribution >= 0.6 is 0 Å². The van der Waals surface area contributed by atoms with E-state index in [-0.39, 0.29) is 5.60 Å². The summed E-state index contributed by atoms with van der Waals surface area (Å²) in [6, 6.07) is 0. The molecule has 18 heavy (non-hydrogen) atoms. The quantitative estimate of drug-likeness (QED) is 0.608. The molecule has 0 spiro atoms. The third kappa shape index (κ3) is 3.47. The molecule has 0 aromatic rings. The van der Waals surface area contributed by atoms with Crippen molar-refractivity contribution < 1.29 is 19.1 Å². The highest BCUT2D eigenvalue weighted by Crippen LogP contribution is 2.24. The number of hydroxylamine groups is 1. The molecule has 0 aromatic carbocycles. The van der Waals surface area contributed by atoms with Crippen molar-refractivity contribution in [3.05, 3.63) is 29.2 Å². The average molecular weight is 253 g/mol. The van der Waals surface area contributed by atoms with Gasteiger partial charge >= 0.3 is 0 Å². The van der Waals surface area contributed by atoms with Crippen LogP contribution in [0.4, 0.5) is 0 Å². The van der Waals surface area contributed by atoms with Gasteiger partial charge in [-0.2, -0.15) is 0 Å². The number of methoxy groups -OCH3 is 2. The van der Waals surface area contributed by atoms with Crippen molar-refractivity contribution in [3.8, 4) is 0 Å². The van der Waals surface area contributed by atoms with Crippen molar-refractivity contribution >= 4 is 5.94 Å². The Hall–Kier alpha value is -1.55. The molecule has 5 nitrogen and oxygen atoms in total. The van der Waals surface area contributed by atoms with Gasteiger partial charge in [0.1, 0.15) is 11.6 Å². The molecule has 0 aromatic heterocycles.